The van der Waals surface area contributed by atoms with Gasteiger partial charge >= 0.3 is 0 Å². The minimum absolute atomic E-state index is 0.171. The molecule has 0 saturated carbocycles. The Labute approximate surface area is 102 Å². The van der Waals surface area contributed by atoms with Crippen LogP contribution in [0.2, 0.25) is 5.02 Å². The molecule has 1 fully saturated rings. The van der Waals surface area contributed by atoms with Gasteiger partial charge < -0.3 is 10.0 Å². The fraction of sp³-hybridized carbons (Fsp3) is 0.538. The largest absolute Gasteiger partial charge is 0.393 e. The highest BCUT2D eigenvalue weighted by molar-refractivity contribution is 6.30. The van der Waals surface area contributed by atoms with Crippen molar-refractivity contribution < 1.29 is 5.11 Å². The summed E-state index contributed by atoms with van der Waals surface area (Å²) >= 11 is 5.95. The van der Waals surface area contributed by atoms with E-state index in [1.54, 1.807) is 0 Å². The maximum absolute atomic E-state index is 9.96. The number of piperidine rings is 1. The van der Waals surface area contributed by atoms with Gasteiger partial charge in [-0.2, -0.15) is 0 Å². The molecule has 3 heteroatoms. The van der Waals surface area contributed by atoms with Gasteiger partial charge in [-0.05, 0) is 37.6 Å². The number of rotatable bonds is 2. The lowest BCUT2D eigenvalue weighted by atomic mass is 9.89. The van der Waals surface area contributed by atoms with E-state index in [4.69, 9.17) is 11.6 Å². The van der Waals surface area contributed by atoms with E-state index in [-0.39, 0.29) is 6.10 Å². The van der Waals surface area contributed by atoms with E-state index >= 15 is 0 Å². The first kappa shape index (κ1) is 11.9. The number of nitrogens with zero attached hydrogens (tertiary/aromatic N) is 1. The molecule has 0 aromatic heterocycles. The molecule has 1 aliphatic rings. The Bertz CT molecular complexity index is 356. The van der Waals surface area contributed by atoms with E-state index in [0.717, 1.165) is 31.0 Å². The number of aliphatic hydroxyl groups excluding tert-OH is 1. The molecule has 0 radical (unpaired) electrons. The normalized spacial score (nSPS) is 26.9. The summed E-state index contributed by atoms with van der Waals surface area (Å²) in [7, 11) is 2.11. The predicted molar refractivity (Wildman–Crippen MR) is 66.8 cm³/mol. The zero-order valence-corrected chi connectivity index (χ0v) is 10.3. The molecular weight excluding hydrogens is 222 g/mol. The molecule has 1 heterocycles. The van der Waals surface area contributed by atoms with Crippen molar-refractivity contribution in [2.45, 2.75) is 18.9 Å². The smallest absolute Gasteiger partial charge is 0.0596 e. The van der Waals surface area contributed by atoms with Gasteiger partial charge in [0.05, 0.1) is 6.10 Å². The topological polar surface area (TPSA) is 23.5 Å². The molecule has 1 aromatic rings. The molecule has 0 aliphatic carbocycles. The van der Waals surface area contributed by atoms with Crippen LogP contribution in [0.3, 0.4) is 0 Å². The Morgan fingerprint density at radius 3 is 3.06 bits per heavy atom. The Morgan fingerprint density at radius 1 is 1.50 bits per heavy atom. The van der Waals surface area contributed by atoms with Crippen LogP contribution in [0.15, 0.2) is 24.3 Å². The standard InChI is InChI=1S/C13H18ClNO/c1-15-6-5-13(16)11(9-15)7-10-3-2-4-12(14)8-10/h2-4,8,11,13,16H,5-7,9H2,1H3. The van der Waals surface area contributed by atoms with Crippen molar-refractivity contribution in [3.63, 3.8) is 0 Å². The molecule has 16 heavy (non-hydrogen) atoms. The van der Waals surface area contributed by atoms with Gasteiger partial charge in [-0.25, -0.2) is 0 Å². The fourth-order valence-electron chi connectivity index (χ4n) is 2.37. The van der Waals surface area contributed by atoms with Crippen LogP contribution in [-0.4, -0.2) is 36.2 Å². The summed E-state index contributed by atoms with van der Waals surface area (Å²) < 4.78 is 0. The first-order chi connectivity index (χ1) is 7.65. The number of benzene rings is 1. The van der Waals surface area contributed by atoms with Gasteiger partial charge in [-0.15, -0.1) is 0 Å². The van der Waals surface area contributed by atoms with Crippen molar-refractivity contribution in [3.05, 3.63) is 34.9 Å². The van der Waals surface area contributed by atoms with Gasteiger partial charge in [0.2, 0.25) is 0 Å². The minimum atomic E-state index is -0.171. The molecule has 1 aromatic carbocycles. The van der Waals surface area contributed by atoms with Crippen LogP contribution in [-0.2, 0) is 6.42 Å². The second-order valence-corrected chi connectivity index (χ2v) is 5.15. The zero-order chi connectivity index (χ0) is 11.5. The second-order valence-electron chi connectivity index (χ2n) is 4.71. The monoisotopic (exact) mass is 239 g/mol. The molecule has 2 rings (SSSR count). The Morgan fingerprint density at radius 2 is 2.31 bits per heavy atom. The lowest BCUT2D eigenvalue weighted by molar-refractivity contribution is 0.0366. The maximum Gasteiger partial charge on any atom is 0.0596 e. The quantitative estimate of drug-likeness (QED) is 0.856. The summed E-state index contributed by atoms with van der Waals surface area (Å²) in [6, 6.07) is 7.92. The summed E-state index contributed by atoms with van der Waals surface area (Å²) in [4.78, 5) is 2.28. The molecule has 88 valence electrons. The highest BCUT2D eigenvalue weighted by Crippen LogP contribution is 2.22. The lowest BCUT2D eigenvalue weighted by Crippen LogP contribution is -2.41. The van der Waals surface area contributed by atoms with Crippen molar-refractivity contribution in [2.24, 2.45) is 5.92 Å². The summed E-state index contributed by atoms with van der Waals surface area (Å²) in [6.07, 6.45) is 1.61. The number of hydrogen-bond acceptors (Lipinski definition) is 2. The fourth-order valence-corrected chi connectivity index (χ4v) is 2.58. The van der Waals surface area contributed by atoms with Crippen molar-refractivity contribution >= 4 is 11.6 Å². The molecule has 1 N–H and O–H groups in total. The van der Waals surface area contributed by atoms with E-state index in [1.165, 1.54) is 5.56 Å². The molecule has 0 bridgehead atoms. The van der Waals surface area contributed by atoms with Gasteiger partial charge in [0.1, 0.15) is 0 Å². The van der Waals surface area contributed by atoms with Gasteiger partial charge in [-0.1, -0.05) is 23.7 Å². The molecule has 0 amide bonds. The maximum atomic E-state index is 9.96. The Hall–Kier alpha value is -0.570. The summed E-state index contributed by atoms with van der Waals surface area (Å²) in [5.74, 6) is 0.331. The van der Waals surface area contributed by atoms with Crippen LogP contribution >= 0.6 is 11.6 Å². The summed E-state index contributed by atoms with van der Waals surface area (Å²) in [6.45, 7) is 1.96. The third-order valence-electron chi connectivity index (χ3n) is 3.28. The molecular formula is C13H18ClNO. The van der Waals surface area contributed by atoms with Crippen molar-refractivity contribution in [2.75, 3.05) is 20.1 Å². The average Bonchev–Trinajstić information content (AvgIpc) is 2.24. The molecule has 1 aliphatic heterocycles. The predicted octanol–water partition coefficient (Wildman–Crippen LogP) is 2.20. The molecule has 2 nitrogen and oxygen atoms in total. The van der Waals surface area contributed by atoms with Gasteiger partial charge in [0.15, 0.2) is 0 Å². The number of halogens is 1. The van der Waals surface area contributed by atoms with Gasteiger partial charge in [0.25, 0.3) is 0 Å². The third kappa shape index (κ3) is 2.97. The lowest BCUT2D eigenvalue weighted by Gasteiger charge is -2.34. The van der Waals surface area contributed by atoms with Crippen molar-refractivity contribution in [3.8, 4) is 0 Å². The molecule has 0 spiro atoms. The van der Waals surface area contributed by atoms with Crippen LogP contribution in [0.1, 0.15) is 12.0 Å². The van der Waals surface area contributed by atoms with E-state index < -0.39 is 0 Å². The van der Waals surface area contributed by atoms with Crippen LogP contribution in [0.25, 0.3) is 0 Å². The highest BCUT2D eigenvalue weighted by Gasteiger charge is 2.25. The second kappa shape index (κ2) is 5.17. The van der Waals surface area contributed by atoms with Crippen LogP contribution in [0.5, 0.6) is 0 Å². The Balaban J connectivity index is 2.02. The SMILES string of the molecule is CN1CCC(O)C(Cc2cccc(Cl)c2)C1. The van der Waals surface area contributed by atoms with E-state index in [0.29, 0.717) is 5.92 Å². The number of hydrogen-bond donors (Lipinski definition) is 1. The van der Waals surface area contributed by atoms with E-state index in [1.807, 2.05) is 18.2 Å². The average molecular weight is 240 g/mol. The summed E-state index contributed by atoms with van der Waals surface area (Å²) in [5, 5.41) is 10.7. The van der Waals surface area contributed by atoms with Gasteiger partial charge in [-0.3, -0.25) is 0 Å². The Kier molecular flexibility index (Phi) is 3.85. The summed E-state index contributed by atoms with van der Waals surface area (Å²) in [5.41, 5.74) is 1.21. The van der Waals surface area contributed by atoms with E-state index in [9.17, 15) is 5.11 Å². The molecule has 1 saturated heterocycles. The van der Waals surface area contributed by atoms with Gasteiger partial charge in [0, 0.05) is 24.0 Å². The van der Waals surface area contributed by atoms with Crippen LogP contribution in [0, 0.1) is 5.92 Å². The highest BCUT2D eigenvalue weighted by atomic mass is 35.5. The van der Waals surface area contributed by atoms with Crippen molar-refractivity contribution in [1.29, 1.82) is 0 Å². The first-order valence-corrected chi connectivity index (χ1v) is 6.14. The number of likely N-dealkylation sites (tertiary alicyclic amines) is 1. The third-order valence-corrected chi connectivity index (χ3v) is 3.52. The first-order valence-electron chi connectivity index (χ1n) is 5.76. The minimum Gasteiger partial charge on any atom is -0.393 e. The van der Waals surface area contributed by atoms with Crippen LogP contribution < -0.4 is 0 Å². The van der Waals surface area contributed by atoms with Crippen molar-refractivity contribution in [1.82, 2.24) is 4.90 Å². The van der Waals surface area contributed by atoms with Crippen LogP contribution in [0.4, 0.5) is 0 Å². The van der Waals surface area contributed by atoms with E-state index in [2.05, 4.69) is 18.0 Å². The molecule has 2 unspecified atom stereocenters. The molecule has 2 atom stereocenters. The number of aliphatic hydroxyl groups is 1. The zero-order valence-electron chi connectivity index (χ0n) is 9.56.